The summed E-state index contributed by atoms with van der Waals surface area (Å²) in [4.78, 5) is 4.53. The molecule has 6 heteroatoms. The zero-order valence-electron chi connectivity index (χ0n) is 14.4. The summed E-state index contributed by atoms with van der Waals surface area (Å²) in [6.07, 6.45) is 6.45. The van der Waals surface area contributed by atoms with E-state index in [1.165, 1.54) is 12.8 Å². The van der Waals surface area contributed by atoms with Crippen molar-refractivity contribution in [2.45, 2.75) is 31.7 Å². The molecule has 0 saturated heterocycles. The van der Waals surface area contributed by atoms with Crippen LogP contribution in [0.25, 0.3) is 0 Å². The molecule has 0 spiro atoms. The lowest BCUT2D eigenvalue weighted by Gasteiger charge is -2.14. The summed E-state index contributed by atoms with van der Waals surface area (Å²) in [5.74, 6) is 2.70. The highest BCUT2D eigenvalue weighted by molar-refractivity contribution is 5.64. The number of hydrogen-bond donors (Lipinski definition) is 2. The molecular weight excluding hydrogens is 326 g/mol. The minimum Gasteiger partial charge on any atom is -0.455 e. The van der Waals surface area contributed by atoms with E-state index in [1.807, 2.05) is 54.6 Å². The van der Waals surface area contributed by atoms with Gasteiger partial charge in [-0.2, -0.15) is 10.1 Å². The minimum atomic E-state index is 0.445. The SMILES string of the molecule is c1ccc(Oc2ccccc2Nc2cnnc(NC3CCCC3)n2)cc1. The molecule has 1 saturated carbocycles. The van der Waals surface area contributed by atoms with Crippen LogP contribution in [0, 0.1) is 0 Å². The first-order valence-electron chi connectivity index (χ1n) is 8.92. The smallest absolute Gasteiger partial charge is 0.244 e. The number of hydrogen-bond acceptors (Lipinski definition) is 6. The predicted octanol–water partition coefficient (Wildman–Crippen LogP) is 4.76. The molecule has 0 aliphatic heterocycles. The molecule has 1 heterocycles. The second-order valence-corrected chi connectivity index (χ2v) is 6.33. The van der Waals surface area contributed by atoms with Gasteiger partial charge < -0.3 is 15.4 Å². The van der Waals surface area contributed by atoms with E-state index in [0.717, 1.165) is 30.0 Å². The Morgan fingerprint density at radius 2 is 1.69 bits per heavy atom. The zero-order valence-corrected chi connectivity index (χ0v) is 14.4. The molecule has 1 aromatic heterocycles. The largest absolute Gasteiger partial charge is 0.455 e. The summed E-state index contributed by atoms with van der Waals surface area (Å²) < 4.78 is 5.98. The Morgan fingerprint density at radius 3 is 2.54 bits per heavy atom. The van der Waals surface area contributed by atoms with E-state index in [2.05, 4.69) is 25.8 Å². The van der Waals surface area contributed by atoms with Gasteiger partial charge >= 0.3 is 0 Å². The molecular formula is C20H21N5O. The van der Waals surface area contributed by atoms with Crippen LogP contribution in [0.5, 0.6) is 11.5 Å². The molecule has 0 amide bonds. The summed E-state index contributed by atoms with van der Waals surface area (Å²) in [7, 11) is 0. The van der Waals surface area contributed by atoms with Gasteiger partial charge in [-0.05, 0) is 37.1 Å². The number of aromatic nitrogens is 3. The molecule has 0 radical (unpaired) electrons. The highest BCUT2D eigenvalue weighted by Crippen LogP contribution is 2.31. The number of benzene rings is 2. The average Bonchev–Trinajstić information content (AvgIpc) is 3.18. The van der Waals surface area contributed by atoms with Crippen molar-refractivity contribution in [1.82, 2.24) is 15.2 Å². The van der Waals surface area contributed by atoms with Crippen molar-refractivity contribution in [3.8, 4) is 11.5 Å². The quantitative estimate of drug-likeness (QED) is 0.670. The maximum Gasteiger partial charge on any atom is 0.244 e. The van der Waals surface area contributed by atoms with Gasteiger partial charge in [-0.15, -0.1) is 5.10 Å². The highest BCUT2D eigenvalue weighted by atomic mass is 16.5. The third-order valence-corrected chi connectivity index (χ3v) is 4.37. The van der Waals surface area contributed by atoms with Crippen molar-refractivity contribution < 1.29 is 4.74 Å². The van der Waals surface area contributed by atoms with Crippen LogP contribution in [0.1, 0.15) is 25.7 Å². The van der Waals surface area contributed by atoms with Gasteiger partial charge in [0.2, 0.25) is 5.95 Å². The molecule has 1 fully saturated rings. The summed E-state index contributed by atoms with van der Waals surface area (Å²) in [5.41, 5.74) is 0.823. The summed E-state index contributed by atoms with van der Waals surface area (Å²) >= 11 is 0. The maximum absolute atomic E-state index is 5.98. The standard InChI is InChI=1S/C20H21N5O/c1-2-10-16(11-3-1)26-18-13-7-6-12-17(18)23-19-14-21-25-20(24-19)22-15-8-4-5-9-15/h1-3,6-7,10-15H,4-5,8-9H2,(H2,22,23,24,25). The van der Waals surface area contributed by atoms with Crippen molar-refractivity contribution in [1.29, 1.82) is 0 Å². The molecule has 2 aromatic carbocycles. The molecule has 1 aliphatic carbocycles. The van der Waals surface area contributed by atoms with Crippen molar-refractivity contribution in [2.75, 3.05) is 10.6 Å². The van der Waals surface area contributed by atoms with E-state index in [9.17, 15) is 0 Å². The fourth-order valence-electron chi connectivity index (χ4n) is 3.09. The second kappa shape index (κ2) is 7.82. The highest BCUT2D eigenvalue weighted by Gasteiger charge is 2.16. The monoisotopic (exact) mass is 347 g/mol. The van der Waals surface area contributed by atoms with Crippen LogP contribution in [0.2, 0.25) is 0 Å². The molecule has 3 aromatic rings. The van der Waals surface area contributed by atoms with Crippen LogP contribution in [-0.2, 0) is 0 Å². The van der Waals surface area contributed by atoms with Gasteiger partial charge in [0, 0.05) is 6.04 Å². The molecule has 132 valence electrons. The summed E-state index contributed by atoms with van der Waals surface area (Å²) in [6.45, 7) is 0. The van der Waals surface area contributed by atoms with E-state index < -0.39 is 0 Å². The number of para-hydroxylation sites is 3. The first-order valence-corrected chi connectivity index (χ1v) is 8.92. The van der Waals surface area contributed by atoms with E-state index in [0.29, 0.717) is 17.8 Å². The second-order valence-electron chi connectivity index (χ2n) is 6.33. The summed E-state index contributed by atoms with van der Waals surface area (Å²) in [6, 6.07) is 17.9. The number of ether oxygens (including phenoxy) is 1. The van der Waals surface area contributed by atoms with Crippen LogP contribution in [0.4, 0.5) is 17.5 Å². The fraction of sp³-hybridized carbons (Fsp3) is 0.250. The Balaban J connectivity index is 1.50. The van der Waals surface area contributed by atoms with Crippen LogP contribution >= 0.6 is 0 Å². The molecule has 6 nitrogen and oxygen atoms in total. The lowest BCUT2D eigenvalue weighted by Crippen LogP contribution is -2.17. The Bertz CT molecular complexity index is 850. The van der Waals surface area contributed by atoms with Gasteiger partial charge in [-0.1, -0.05) is 43.2 Å². The van der Waals surface area contributed by atoms with E-state index in [4.69, 9.17) is 4.74 Å². The lowest BCUT2D eigenvalue weighted by atomic mass is 10.2. The average molecular weight is 347 g/mol. The van der Waals surface area contributed by atoms with Gasteiger partial charge in [0.1, 0.15) is 5.75 Å². The maximum atomic E-state index is 5.98. The van der Waals surface area contributed by atoms with Crippen molar-refractivity contribution in [3.05, 3.63) is 60.8 Å². The van der Waals surface area contributed by atoms with E-state index in [1.54, 1.807) is 6.20 Å². The Labute approximate surface area is 152 Å². The molecule has 1 aliphatic rings. The molecule has 0 bridgehead atoms. The molecule has 4 rings (SSSR count). The molecule has 0 unspecified atom stereocenters. The van der Waals surface area contributed by atoms with Gasteiger partial charge in [-0.25, -0.2) is 0 Å². The van der Waals surface area contributed by atoms with Crippen LogP contribution < -0.4 is 15.4 Å². The normalized spacial score (nSPS) is 14.2. The predicted molar refractivity (Wildman–Crippen MR) is 102 cm³/mol. The van der Waals surface area contributed by atoms with Crippen LogP contribution in [0.3, 0.4) is 0 Å². The molecule has 26 heavy (non-hydrogen) atoms. The Kier molecular flexibility index (Phi) is 4.91. The third kappa shape index (κ3) is 4.08. The Morgan fingerprint density at radius 1 is 0.923 bits per heavy atom. The fourth-order valence-corrected chi connectivity index (χ4v) is 3.09. The topological polar surface area (TPSA) is 72.0 Å². The van der Waals surface area contributed by atoms with E-state index >= 15 is 0 Å². The van der Waals surface area contributed by atoms with Gasteiger partial charge in [-0.3, -0.25) is 0 Å². The molecule has 2 N–H and O–H groups in total. The molecule has 0 atom stereocenters. The number of anilines is 3. The number of nitrogens with one attached hydrogen (secondary N) is 2. The van der Waals surface area contributed by atoms with Gasteiger partial charge in [0.25, 0.3) is 0 Å². The first-order chi connectivity index (χ1) is 12.9. The zero-order chi connectivity index (χ0) is 17.6. The van der Waals surface area contributed by atoms with Crippen LogP contribution in [0.15, 0.2) is 60.8 Å². The van der Waals surface area contributed by atoms with Gasteiger partial charge in [0.15, 0.2) is 11.6 Å². The number of rotatable bonds is 6. The Hall–Kier alpha value is -3.15. The lowest BCUT2D eigenvalue weighted by molar-refractivity contribution is 0.485. The first kappa shape index (κ1) is 16.3. The number of nitrogens with zero attached hydrogens (tertiary/aromatic N) is 3. The summed E-state index contributed by atoms with van der Waals surface area (Å²) in [5, 5.41) is 14.8. The van der Waals surface area contributed by atoms with Crippen LogP contribution in [-0.4, -0.2) is 21.2 Å². The van der Waals surface area contributed by atoms with Gasteiger partial charge in [0.05, 0.1) is 11.9 Å². The third-order valence-electron chi connectivity index (χ3n) is 4.37. The van der Waals surface area contributed by atoms with Crippen molar-refractivity contribution in [3.63, 3.8) is 0 Å². The van der Waals surface area contributed by atoms with Crippen molar-refractivity contribution in [2.24, 2.45) is 0 Å². The van der Waals surface area contributed by atoms with Crippen molar-refractivity contribution >= 4 is 17.5 Å². The van der Waals surface area contributed by atoms with E-state index in [-0.39, 0.29) is 0 Å². The minimum absolute atomic E-state index is 0.445.